The second-order valence-electron chi connectivity index (χ2n) is 3.31. The molecule has 0 fully saturated rings. The second-order valence-corrected chi connectivity index (χ2v) is 4.23. The lowest BCUT2D eigenvalue weighted by atomic mass is 10.0. The summed E-state index contributed by atoms with van der Waals surface area (Å²) >= 11 is 3.40. The largest absolute Gasteiger partial charge is 0.454 e. The molecule has 1 N–H and O–H groups in total. The van der Waals surface area contributed by atoms with Gasteiger partial charge in [-0.1, -0.05) is 22.9 Å². The molecule has 4 heteroatoms. The maximum absolute atomic E-state index is 9.10. The van der Waals surface area contributed by atoms with Crippen molar-refractivity contribution in [3.8, 4) is 11.5 Å². The van der Waals surface area contributed by atoms with Gasteiger partial charge in [0.2, 0.25) is 6.79 Å². The Bertz CT molecular complexity index is 351. The number of ether oxygens (including phenoxy) is 2. The van der Waals surface area contributed by atoms with Gasteiger partial charge < -0.3 is 14.6 Å². The van der Waals surface area contributed by atoms with Gasteiger partial charge in [-0.2, -0.15) is 0 Å². The molecule has 0 radical (unpaired) electrons. The van der Waals surface area contributed by atoms with Crippen LogP contribution in [0.4, 0.5) is 0 Å². The molecule has 2 rings (SSSR count). The summed E-state index contributed by atoms with van der Waals surface area (Å²) in [5.41, 5.74) is 0.981. The predicted molar refractivity (Wildman–Crippen MR) is 55.8 cm³/mol. The van der Waals surface area contributed by atoms with Crippen LogP contribution in [0.2, 0.25) is 0 Å². The number of aliphatic hydroxyl groups excluding tert-OH is 1. The molecular weight excluding hydrogens is 248 g/mol. The highest BCUT2D eigenvalue weighted by atomic mass is 79.9. The van der Waals surface area contributed by atoms with Crippen molar-refractivity contribution in [3.05, 3.63) is 22.2 Å². The highest BCUT2D eigenvalue weighted by Crippen LogP contribution is 2.41. The Morgan fingerprint density at radius 1 is 1.50 bits per heavy atom. The Balaban J connectivity index is 2.48. The molecule has 1 atom stereocenters. The van der Waals surface area contributed by atoms with E-state index in [9.17, 15) is 0 Å². The Labute approximate surface area is 90.8 Å². The van der Waals surface area contributed by atoms with Crippen LogP contribution in [0.15, 0.2) is 16.6 Å². The Morgan fingerprint density at radius 2 is 2.29 bits per heavy atom. The number of halogens is 1. The molecule has 76 valence electrons. The summed E-state index contributed by atoms with van der Waals surface area (Å²) < 4.78 is 11.6. The van der Waals surface area contributed by atoms with E-state index in [0.717, 1.165) is 21.5 Å². The van der Waals surface area contributed by atoms with E-state index in [4.69, 9.17) is 14.6 Å². The SMILES string of the molecule is CC(CO)c1cc(Br)cc2c1OCO2. The lowest BCUT2D eigenvalue weighted by Crippen LogP contribution is -2.01. The minimum atomic E-state index is 0.0583. The zero-order chi connectivity index (χ0) is 10.1. The summed E-state index contributed by atoms with van der Waals surface area (Å²) in [4.78, 5) is 0. The third-order valence-corrected chi connectivity index (χ3v) is 2.73. The average Bonchev–Trinajstić information content (AvgIpc) is 2.62. The maximum atomic E-state index is 9.10. The molecule has 0 saturated heterocycles. The monoisotopic (exact) mass is 258 g/mol. The lowest BCUT2D eigenvalue weighted by molar-refractivity contribution is 0.172. The van der Waals surface area contributed by atoms with Crippen LogP contribution in [-0.2, 0) is 0 Å². The molecule has 1 unspecified atom stereocenters. The van der Waals surface area contributed by atoms with Gasteiger partial charge in [0.25, 0.3) is 0 Å². The fourth-order valence-electron chi connectivity index (χ4n) is 1.47. The first kappa shape index (κ1) is 9.80. The molecule has 1 heterocycles. The van der Waals surface area contributed by atoms with E-state index >= 15 is 0 Å². The Hall–Kier alpha value is -0.740. The molecule has 0 aromatic heterocycles. The molecule has 0 aliphatic carbocycles. The van der Waals surface area contributed by atoms with Gasteiger partial charge in [-0.05, 0) is 12.1 Å². The van der Waals surface area contributed by atoms with Crippen molar-refractivity contribution >= 4 is 15.9 Å². The van der Waals surface area contributed by atoms with Crippen molar-refractivity contribution < 1.29 is 14.6 Å². The van der Waals surface area contributed by atoms with E-state index in [2.05, 4.69) is 15.9 Å². The zero-order valence-corrected chi connectivity index (χ0v) is 9.37. The van der Waals surface area contributed by atoms with Crippen molar-refractivity contribution in [2.75, 3.05) is 13.4 Å². The van der Waals surface area contributed by atoms with Gasteiger partial charge in [-0.15, -0.1) is 0 Å². The first-order chi connectivity index (χ1) is 6.72. The van der Waals surface area contributed by atoms with Crippen molar-refractivity contribution in [2.24, 2.45) is 0 Å². The second kappa shape index (κ2) is 3.79. The minimum Gasteiger partial charge on any atom is -0.454 e. The van der Waals surface area contributed by atoms with Gasteiger partial charge in [0.15, 0.2) is 11.5 Å². The van der Waals surface area contributed by atoms with E-state index in [1.807, 2.05) is 19.1 Å². The van der Waals surface area contributed by atoms with Crippen molar-refractivity contribution in [1.29, 1.82) is 0 Å². The standard InChI is InChI=1S/C10H11BrO3/c1-6(4-12)8-2-7(11)3-9-10(8)14-5-13-9/h2-3,6,12H,4-5H2,1H3. The summed E-state index contributed by atoms with van der Waals surface area (Å²) in [7, 11) is 0. The van der Waals surface area contributed by atoms with E-state index in [1.165, 1.54) is 0 Å². The maximum Gasteiger partial charge on any atom is 0.231 e. The summed E-state index contributed by atoms with van der Waals surface area (Å²) in [5.74, 6) is 1.56. The molecule has 3 nitrogen and oxygen atoms in total. The fraction of sp³-hybridized carbons (Fsp3) is 0.400. The molecule has 1 aliphatic heterocycles. The smallest absolute Gasteiger partial charge is 0.231 e. The molecule has 0 saturated carbocycles. The summed E-state index contributed by atoms with van der Waals surface area (Å²) in [6.07, 6.45) is 0. The number of benzene rings is 1. The number of fused-ring (bicyclic) bond motifs is 1. The van der Waals surface area contributed by atoms with Crippen LogP contribution in [0, 0.1) is 0 Å². The normalized spacial score (nSPS) is 15.6. The molecule has 1 aromatic carbocycles. The van der Waals surface area contributed by atoms with Crippen LogP contribution in [0.25, 0.3) is 0 Å². The Kier molecular flexibility index (Phi) is 2.65. The van der Waals surface area contributed by atoms with Crippen molar-refractivity contribution in [3.63, 3.8) is 0 Å². The average molecular weight is 259 g/mol. The van der Waals surface area contributed by atoms with Gasteiger partial charge in [0.1, 0.15) is 0 Å². The highest BCUT2D eigenvalue weighted by molar-refractivity contribution is 9.10. The third kappa shape index (κ3) is 1.60. The van der Waals surface area contributed by atoms with E-state index < -0.39 is 0 Å². The number of aliphatic hydroxyl groups is 1. The first-order valence-electron chi connectivity index (χ1n) is 4.42. The molecule has 1 aromatic rings. The summed E-state index contributed by atoms with van der Waals surface area (Å²) in [5, 5.41) is 9.10. The van der Waals surface area contributed by atoms with Crippen LogP contribution in [-0.4, -0.2) is 18.5 Å². The van der Waals surface area contributed by atoms with Crippen LogP contribution in [0.1, 0.15) is 18.4 Å². The lowest BCUT2D eigenvalue weighted by Gasteiger charge is -2.11. The van der Waals surface area contributed by atoms with Gasteiger partial charge in [0, 0.05) is 22.6 Å². The number of hydrogen-bond acceptors (Lipinski definition) is 3. The molecule has 1 aliphatic rings. The van der Waals surface area contributed by atoms with Crippen LogP contribution in [0.5, 0.6) is 11.5 Å². The molecule has 0 amide bonds. The number of hydrogen-bond donors (Lipinski definition) is 1. The molecular formula is C10H11BrO3. The molecule has 14 heavy (non-hydrogen) atoms. The Morgan fingerprint density at radius 3 is 3.00 bits per heavy atom. The van der Waals surface area contributed by atoms with Crippen LogP contribution in [0.3, 0.4) is 0 Å². The van der Waals surface area contributed by atoms with Crippen LogP contribution >= 0.6 is 15.9 Å². The van der Waals surface area contributed by atoms with E-state index in [0.29, 0.717) is 0 Å². The molecule has 0 spiro atoms. The first-order valence-corrected chi connectivity index (χ1v) is 5.21. The predicted octanol–water partition coefficient (Wildman–Crippen LogP) is 2.27. The van der Waals surface area contributed by atoms with Gasteiger partial charge >= 0.3 is 0 Å². The third-order valence-electron chi connectivity index (χ3n) is 2.27. The quantitative estimate of drug-likeness (QED) is 0.885. The topological polar surface area (TPSA) is 38.7 Å². The van der Waals surface area contributed by atoms with Crippen molar-refractivity contribution in [1.82, 2.24) is 0 Å². The van der Waals surface area contributed by atoms with Crippen LogP contribution < -0.4 is 9.47 Å². The van der Waals surface area contributed by atoms with E-state index in [1.54, 1.807) is 0 Å². The van der Waals surface area contributed by atoms with Gasteiger partial charge in [-0.25, -0.2) is 0 Å². The van der Waals surface area contributed by atoms with Gasteiger partial charge in [0.05, 0.1) is 0 Å². The van der Waals surface area contributed by atoms with E-state index in [-0.39, 0.29) is 19.3 Å². The highest BCUT2D eigenvalue weighted by Gasteiger charge is 2.21. The van der Waals surface area contributed by atoms with Gasteiger partial charge in [-0.3, -0.25) is 0 Å². The fourth-order valence-corrected chi connectivity index (χ4v) is 1.92. The zero-order valence-electron chi connectivity index (χ0n) is 7.79. The summed E-state index contributed by atoms with van der Waals surface area (Å²) in [6.45, 7) is 2.31. The summed E-state index contributed by atoms with van der Waals surface area (Å²) in [6, 6.07) is 3.82. The minimum absolute atomic E-state index is 0.0583. The van der Waals surface area contributed by atoms with Crippen molar-refractivity contribution in [2.45, 2.75) is 12.8 Å². The molecule has 0 bridgehead atoms. The number of rotatable bonds is 2.